The van der Waals surface area contributed by atoms with E-state index < -0.39 is 4.92 Å². The number of rotatable bonds is 6. The summed E-state index contributed by atoms with van der Waals surface area (Å²) in [6.45, 7) is 8.04. The van der Waals surface area contributed by atoms with Crippen molar-refractivity contribution in [3.05, 3.63) is 33.3 Å². The van der Waals surface area contributed by atoms with E-state index >= 15 is 0 Å². The Balaban J connectivity index is 1.48. The number of piperazine rings is 1. The number of nitrogens with one attached hydrogen (secondary N) is 1. The third-order valence-electron chi connectivity index (χ3n) is 6.24. The second-order valence-electron chi connectivity index (χ2n) is 8.33. The second kappa shape index (κ2) is 10.4. The van der Waals surface area contributed by atoms with Crippen molar-refractivity contribution in [2.45, 2.75) is 45.2 Å². The lowest BCUT2D eigenvalue weighted by Crippen LogP contribution is -2.55. The van der Waals surface area contributed by atoms with Gasteiger partial charge in [0.2, 0.25) is 11.8 Å². The molecule has 1 N–H and O–H groups in total. The van der Waals surface area contributed by atoms with E-state index in [-0.39, 0.29) is 28.6 Å². The van der Waals surface area contributed by atoms with Crippen molar-refractivity contribution < 1.29 is 14.5 Å². The van der Waals surface area contributed by atoms with Gasteiger partial charge >= 0.3 is 0 Å². The van der Waals surface area contributed by atoms with Gasteiger partial charge in [0.25, 0.3) is 5.69 Å². The molecule has 0 saturated carbocycles. The van der Waals surface area contributed by atoms with Gasteiger partial charge in [-0.05, 0) is 39.2 Å². The lowest BCUT2D eigenvalue weighted by atomic mass is 10.0. The molecule has 2 fully saturated rings. The number of nitrogens with zero attached hydrogens (tertiary/aromatic N) is 4. The Kier molecular flexibility index (Phi) is 7.85. The summed E-state index contributed by atoms with van der Waals surface area (Å²) in [6.07, 6.45) is 3.34. The number of anilines is 1. The largest absolute Gasteiger partial charge is 0.339 e. The van der Waals surface area contributed by atoms with E-state index in [1.165, 1.54) is 24.6 Å². The normalized spacial score (nSPS) is 21.5. The Morgan fingerprint density at radius 1 is 1.23 bits per heavy atom. The molecule has 2 atom stereocenters. The second-order valence-corrected chi connectivity index (χ2v) is 8.74. The van der Waals surface area contributed by atoms with Gasteiger partial charge in [0.1, 0.15) is 0 Å². The van der Waals surface area contributed by atoms with Crippen LogP contribution in [0.4, 0.5) is 11.4 Å². The summed E-state index contributed by atoms with van der Waals surface area (Å²) < 4.78 is 0. The number of hydrogen-bond acceptors (Lipinski definition) is 6. The summed E-state index contributed by atoms with van der Waals surface area (Å²) in [5.74, 6) is -0.0262. The lowest BCUT2D eigenvalue weighted by Gasteiger charge is -2.39. The third-order valence-corrected chi connectivity index (χ3v) is 6.55. The Labute approximate surface area is 187 Å². The van der Waals surface area contributed by atoms with Gasteiger partial charge in [-0.25, -0.2) is 0 Å². The molecule has 1 aromatic carbocycles. The molecule has 2 aliphatic heterocycles. The molecule has 2 aliphatic rings. The molecule has 0 radical (unpaired) electrons. The fourth-order valence-corrected chi connectivity index (χ4v) is 4.40. The van der Waals surface area contributed by atoms with E-state index in [2.05, 4.69) is 22.0 Å². The van der Waals surface area contributed by atoms with Crippen LogP contribution in [0, 0.1) is 10.1 Å². The fourth-order valence-electron chi connectivity index (χ4n) is 4.18. The maximum atomic E-state index is 12.7. The van der Waals surface area contributed by atoms with Crippen molar-refractivity contribution in [2.75, 3.05) is 44.6 Å². The van der Waals surface area contributed by atoms with Crippen LogP contribution in [0.25, 0.3) is 0 Å². The zero-order chi connectivity index (χ0) is 22.5. The van der Waals surface area contributed by atoms with Gasteiger partial charge in [-0.1, -0.05) is 11.6 Å². The average molecular weight is 452 g/mol. The Bertz CT molecular complexity index is 828. The van der Waals surface area contributed by atoms with Gasteiger partial charge in [0.05, 0.1) is 28.2 Å². The first-order valence-electron chi connectivity index (χ1n) is 10.8. The molecule has 0 aliphatic carbocycles. The number of non-ortho nitro benzene ring substituents is 1. The van der Waals surface area contributed by atoms with Gasteiger partial charge in [0, 0.05) is 50.9 Å². The quantitative estimate of drug-likeness (QED) is 0.527. The Morgan fingerprint density at radius 3 is 2.55 bits per heavy atom. The molecule has 2 saturated heterocycles. The van der Waals surface area contributed by atoms with Crippen LogP contribution in [0.15, 0.2) is 18.2 Å². The van der Waals surface area contributed by atoms with Crippen molar-refractivity contribution in [2.24, 2.45) is 0 Å². The molecule has 2 amide bonds. The molecule has 0 bridgehead atoms. The molecular formula is C21H30ClN5O4. The summed E-state index contributed by atoms with van der Waals surface area (Å²) >= 11 is 6.07. The number of benzene rings is 1. The third kappa shape index (κ3) is 5.93. The molecule has 3 rings (SSSR count). The van der Waals surface area contributed by atoms with E-state index in [0.717, 1.165) is 32.5 Å². The first-order chi connectivity index (χ1) is 14.8. The van der Waals surface area contributed by atoms with Crippen LogP contribution in [-0.2, 0) is 9.59 Å². The maximum Gasteiger partial charge on any atom is 0.271 e. The number of amides is 2. The molecule has 10 heteroatoms. The Hall–Kier alpha value is -2.23. The SMILES string of the molecule is CC(C(=O)Nc1ccc([N+](=O)[O-])cc1Cl)N1CCN(CC(=O)N2CCCCC2C)CC1. The highest BCUT2D eigenvalue weighted by atomic mass is 35.5. The number of nitro groups is 1. The molecule has 31 heavy (non-hydrogen) atoms. The van der Waals surface area contributed by atoms with Crippen LogP contribution in [0.3, 0.4) is 0 Å². The van der Waals surface area contributed by atoms with E-state index in [4.69, 9.17) is 11.6 Å². The summed E-state index contributed by atoms with van der Waals surface area (Å²) in [4.78, 5) is 41.8. The van der Waals surface area contributed by atoms with Crippen LogP contribution < -0.4 is 5.32 Å². The van der Waals surface area contributed by atoms with Gasteiger partial charge in [-0.15, -0.1) is 0 Å². The number of likely N-dealkylation sites (tertiary alicyclic amines) is 1. The van der Waals surface area contributed by atoms with E-state index in [1.54, 1.807) is 0 Å². The molecule has 0 spiro atoms. The number of carbonyl (C=O) groups is 2. The zero-order valence-corrected chi connectivity index (χ0v) is 18.8. The van der Waals surface area contributed by atoms with Crippen LogP contribution in [0.1, 0.15) is 33.1 Å². The summed E-state index contributed by atoms with van der Waals surface area (Å²) in [7, 11) is 0. The molecule has 0 aromatic heterocycles. The van der Waals surface area contributed by atoms with Gasteiger partial charge < -0.3 is 10.2 Å². The zero-order valence-electron chi connectivity index (χ0n) is 18.1. The van der Waals surface area contributed by atoms with Crippen molar-refractivity contribution in [1.29, 1.82) is 0 Å². The van der Waals surface area contributed by atoms with E-state index in [0.29, 0.717) is 31.4 Å². The summed E-state index contributed by atoms with van der Waals surface area (Å²) in [5.41, 5.74) is 0.227. The van der Waals surface area contributed by atoms with Crippen molar-refractivity contribution in [3.63, 3.8) is 0 Å². The summed E-state index contributed by atoms with van der Waals surface area (Å²) in [5, 5.41) is 13.7. The molecule has 1 aromatic rings. The standard InChI is InChI=1S/C21H30ClN5O4/c1-15-5-3-4-8-26(15)20(28)14-24-9-11-25(12-10-24)16(2)21(29)23-19-7-6-17(27(30)31)13-18(19)22/h6-7,13,15-16H,3-5,8-12,14H2,1-2H3,(H,23,29). The van der Waals surface area contributed by atoms with E-state index in [1.807, 2.05) is 11.8 Å². The number of carbonyl (C=O) groups excluding carboxylic acids is 2. The van der Waals surface area contributed by atoms with E-state index in [9.17, 15) is 19.7 Å². The number of hydrogen-bond donors (Lipinski definition) is 1. The Morgan fingerprint density at radius 2 is 1.94 bits per heavy atom. The average Bonchev–Trinajstić information content (AvgIpc) is 2.75. The minimum atomic E-state index is -0.531. The highest BCUT2D eigenvalue weighted by molar-refractivity contribution is 6.34. The van der Waals surface area contributed by atoms with Crippen molar-refractivity contribution in [3.8, 4) is 0 Å². The topological polar surface area (TPSA) is 99.0 Å². The smallest absolute Gasteiger partial charge is 0.271 e. The van der Waals surface area contributed by atoms with Gasteiger partial charge in [0.15, 0.2) is 0 Å². The molecule has 2 heterocycles. The van der Waals surface area contributed by atoms with Crippen LogP contribution in [0.2, 0.25) is 5.02 Å². The predicted octanol–water partition coefficient (Wildman–Crippen LogP) is 2.59. The number of nitro benzene ring substituents is 1. The number of piperidine rings is 1. The van der Waals surface area contributed by atoms with Crippen molar-refractivity contribution in [1.82, 2.24) is 14.7 Å². The lowest BCUT2D eigenvalue weighted by molar-refractivity contribution is -0.384. The molecular weight excluding hydrogens is 422 g/mol. The van der Waals surface area contributed by atoms with Gasteiger partial charge in [-0.3, -0.25) is 29.5 Å². The predicted molar refractivity (Wildman–Crippen MR) is 119 cm³/mol. The highest BCUT2D eigenvalue weighted by Gasteiger charge is 2.29. The minimum absolute atomic E-state index is 0.124. The van der Waals surface area contributed by atoms with Gasteiger partial charge in [-0.2, -0.15) is 0 Å². The van der Waals surface area contributed by atoms with Crippen LogP contribution in [0.5, 0.6) is 0 Å². The highest BCUT2D eigenvalue weighted by Crippen LogP contribution is 2.27. The monoisotopic (exact) mass is 451 g/mol. The molecule has 9 nitrogen and oxygen atoms in total. The first-order valence-corrected chi connectivity index (χ1v) is 11.1. The van der Waals surface area contributed by atoms with Crippen LogP contribution in [-0.4, -0.2) is 82.8 Å². The molecule has 2 unspecified atom stereocenters. The first kappa shape index (κ1) is 23.4. The van der Waals surface area contributed by atoms with Crippen LogP contribution >= 0.6 is 11.6 Å². The minimum Gasteiger partial charge on any atom is -0.339 e. The molecule has 170 valence electrons. The maximum absolute atomic E-state index is 12.7. The summed E-state index contributed by atoms with van der Waals surface area (Å²) in [6, 6.07) is 3.91. The van der Waals surface area contributed by atoms with Crippen molar-refractivity contribution >= 4 is 34.8 Å². The fraction of sp³-hybridized carbons (Fsp3) is 0.619. The number of halogens is 1.